The highest BCUT2D eigenvalue weighted by molar-refractivity contribution is 5.95. The van der Waals surface area contributed by atoms with E-state index in [-0.39, 0.29) is 29.5 Å². The molecular weight excluding hydrogens is 496 g/mol. The minimum absolute atomic E-state index is 0. The summed E-state index contributed by atoms with van der Waals surface area (Å²) in [5.74, 6) is -0.341. The number of nitrogens with zero attached hydrogens (tertiary/aromatic N) is 1. The van der Waals surface area contributed by atoms with Gasteiger partial charge in [0.05, 0.1) is 5.56 Å². The summed E-state index contributed by atoms with van der Waals surface area (Å²) in [5.41, 5.74) is 2.24. The fraction of sp³-hybridized carbons (Fsp3) is 0.267. The van der Waals surface area contributed by atoms with Crippen molar-refractivity contribution in [1.29, 1.82) is 0 Å². The summed E-state index contributed by atoms with van der Waals surface area (Å²) in [5, 5.41) is 11.6. The van der Waals surface area contributed by atoms with E-state index in [4.69, 9.17) is 9.47 Å². The van der Waals surface area contributed by atoms with Crippen LogP contribution in [0.1, 0.15) is 36.5 Å². The number of rotatable bonds is 5. The van der Waals surface area contributed by atoms with Gasteiger partial charge in [-0.1, -0.05) is 36.8 Å². The van der Waals surface area contributed by atoms with Gasteiger partial charge in [0.25, 0.3) is 0 Å². The third-order valence-electron chi connectivity index (χ3n) is 7.18. The molecule has 1 saturated heterocycles. The summed E-state index contributed by atoms with van der Waals surface area (Å²) >= 11 is 0. The van der Waals surface area contributed by atoms with E-state index in [0.29, 0.717) is 12.2 Å². The quantitative estimate of drug-likeness (QED) is 0.299. The maximum atomic E-state index is 14.9. The Bertz CT molecular complexity index is 1420. The molecule has 4 aromatic carbocycles. The number of phenols is 1. The maximum Gasteiger partial charge on any atom is 0.167 e. The van der Waals surface area contributed by atoms with E-state index in [2.05, 4.69) is 4.90 Å². The largest absolute Gasteiger partial charge is 0.508 e. The van der Waals surface area contributed by atoms with Crippen molar-refractivity contribution in [2.45, 2.75) is 25.4 Å². The van der Waals surface area contributed by atoms with Crippen LogP contribution in [-0.4, -0.2) is 36.2 Å². The molecule has 4 nitrogen and oxygen atoms in total. The lowest BCUT2D eigenvalue weighted by molar-refractivity contribution is 0.183. The van der Waals surface area contributed by atoms with E-state index < -0.39 is 17.7 Å². The van der Waals surface area contributed by atoms with E-state index in [1.807, 2.05) is 30.3 Å². The molecule has 0 spiro atoms. The van der Waals surface area contributed by atoms with Crippen LogP contribution in [-0.2, 0) is 0 Å². The van der Waals surface area contributed by atoms with Crippen molar-refractivity contribution in [3.63, 3.8) is 0 Å². The fourth-order valence-electron chi connectivity index (χ4n) is 5.37. The molecule has 192 valence electrons. The Balaban J connectivity index is 0.00000280. The van der Waals surface area contributed by atoms with Crippen LogP contribution in [0, 0.1) is 11.6 Å². The fourth-order valence-corrected chi connectivity index (χ4v) is 5.37. The molecule has 1 N–H and O–H groups in total. The summed E-state index contributed by atoms with van der Waals surface area (Å²) in [7, 11) is 0. The summed E-state index contributed by atoms with van der Waals surface area (Å²) in [6, 6.07) is 18.4. The zero-order chi connectivity index (χ0) is 24.6. The van der Waals surface area contributed by atoms with Crippen LogP contribution in [0.15, 0.2) is 66.7 Å². The van der Waals surface area contributed by atoms with Gasteiger partial charge in [-0.25, -0.2) is 8.78 Å². The highest BCUT2D eigenvalue weighted by Gasteiger charge is 2.33. The zero-order valence-electron chi connectivity index (χ0n) is 20.3. The van der Waals surface area contributed by atoms with Crippen molar-refractivity contribution >= 4 is 23.2 Å². The summed E-state index contributed by atoms with van der Waals surface area (Å²) in [4.78, 5) is 2.43. The smallest absolute Gasteiger partial charge is 0.167 e. The summed E-state index contributed by atoms with van der Waals surface area (Å²) in [6.07, 6.45) is 3.15. The molecule has 0 saturated carbocycles. The number of hydrogen-bond acceptors (Lipinski definition) is 4. The van der Waals surface area contributed by atoms with Gasteiger partial charge in [0.15, 0.2) is 17.7 Å². The normalized spacial score (nSPS) is 16.9. The van der Waals surface area contributed by atoms with Crippen molar-refractivity contribution in [1.82, 2.24) is 4.90 Å². The second-order valence-corrected chi connectivity index (χ2v) is 9.48. The molecule has 0 bridgehead atoms. The molecule has 1 unspecified atom stereocenters. The molecule has 2 aliphatic rings. The standard InChI is InChI=1S/C30H27F2NO3.ClH/c31-25-12-13-26(32)30-28(25)24-10-6-20-18-21(34)7-11-23(20)27(24)29(36-30)19-4-8-22(9-5-19)35-17-16-33-14-2-1-3-15-33;/h4-13,18,29,34H,1-3,14-17H2;1H. The molecule has 0 aliphatic carbocycles. The molecule has 7 heteroatoms. The Morgan fingerprint density at radius 3 is 2.43 bits per heavy atom. The van der Waals surface area contributed by atoms with Gasteiger partial charge in [0, 0.05) is 12.1 Å². The van der Waals surface area contributed by atoms with Crippen LogP contribution >= 0.6 is 12.4 Å². The minimum Gasteiger partial charge on any atom is -0.508 e. The number of aromatic hydroxyl groups is 1. The second-order valence-electron chi connectivity index (χ2n) is 9.48. The van der Waals surface area contributed by atoms with Crippen molar-refractivity contribution < 1.29 is 23.4 Å². The number of hydrogen-bond donors (Lipinski definition) is 1. The van der Waals surface area contributed by atoms with Gasteiger partial charge < -0.3 is 14.6 Å². The molecule has 2 aliphatic heterocycles. The number of phenolic OH excluding ortho intramolecular Hbond substituents is 1. The molecule has 1 fully saturated rings. The number of piperidine rings is 1. The number of fused-ring (bicyclic) bond motifs is 5. The zero-order valence-corrected chi connectivity index (χ0v) is 21.1. The Morgan fingerprint density at radius 2 is 1.65 bits per heavy atom. The first-order valence-electron chi connectivity index (χ1n) is 12.4. The topological polar surface area (TPSA) is 41.9 Å². The Hall–Kier alpha value is -3.35. The van der Waals surface area contributed by atoms with Gasteiger partial charge in [-0.15, -0.1) is 12.4 Å². The third kappa shape index (κ3) is 4.83. The first-order chi connectivity index (χ1) is 17.6. The van der Waals surface area contributed by atoms with E-state index in [9.17, 15) is 13.9 Å². The lowest BCUT2D eigenvalue weighted by atomic mass is 9.85. The highest BCUT2D eigenvalue weighted by atomic mass is 35.5. The van der Waals surface area contributed by atoms with E-state index in [1.54, 1.807) is 24.3 Å². The van der Waals surface area contributed by atoms with Crippen molar-refractivity contribution in [2.24, 2.45) is 0 Å². The van der Waals surface area contributed by atoms with Crippen LogP contribution in [0.25, 0.3) is 21.9 Å². The van der Waals surface area contributed by atoms with Crippen LogP contribution in [0.5, 0.6) is 17.2 Å². The van der Waals surface area contributed by atoms with Crippen LogP contribution in [0.3, 0.4) is 0 Å². The SMILES string of the molecule is Cl.Oc1ccc2c3c(ccc2c1)-c1c(F)ccc(F)c1OC3c1ccc(OCCN2CCCCC2)cc1. The van der Waals surface area contributed by atoms with E-state index >= 15 is 0 Å². The molecule has 0 aromatic heterocycles. The van der Waals surface area contributed by atoms with Crippen molar-refractivity contribution in [2.75, 3.05) is 26.2 Å². The van der Waals surface area contributed by atoms with Gasteiger partial charge in [-0.3, -0.25) is 4.90 Å². The second kappa shape index (κ2) is 10.6. The van der Waals surface area contributed by atoms with E-state index in [1.165, 1.54) is 19.3 Å². The van der Waals surface area contributed by atoms with E-state index in [0.717, 1.165) is 59.4 Å². The summed E-state index contributed by atoms with van der Waals surface area (Å²) in [6.45, 7) is 3.78. The van der Waals surface area contributed by atoms with Gasteiger partial charge in [0.2, 0.25) is 0 Å². The number of ether oxygens (including phenoxy) is 2. The Labute approximate surface area is 220 Å². The van der Waals surface area contributed by atoms with Crippen molar-refractivity contribution in [3.8, 4) is 28.4 Å². The summed E-state index contributed by atoms with van der Waals surface area (Å²) < 4.78 is 41.9. The van der Waals surface area contributed by atoms with Gasteiger partial charge >= 0.3 is 0 Å². The predicted molar refractivity (Wildman–Crippen MR) is 143 cm³/mol. The number of benzene rings is 4. The molecule has 37 heavy (non-hydrogen) atoms. The maximum absolute atomic E-state index is 14.9. The van der Waals surface area contributed by atoms with Crippen molar-refractivity contribution in [3.05, 3.63) is 89.5 Å². The van der Waals surface area contributed by atoms with Crippen LogP contribution in [0.4, 0.5) is 8.78 Å². The molecule has 2 heterocycles. The van der Waals surface area contributed by atoms with Crippen LogP contribution < -0.4 is 9.47 Å². The molecule has 4 aromatic rings. The average molecular weight is 524 g/mol. The lowest BCUT2D eigenvalue weighted by Crippen LogP contribution is -2.33. The molecule has 1 atom stereocenters. The Kier molecular flexibility index (Phi) is 7.22. The third-order valence-corrected chi connectivity index (χ3v) is 7.18. The molecule has 6 rings (SSSR count). The predicted octanol–water partition coefficient (Wildman–Crippen LogP) is 7.26. The average Bonchev–Trinajstić information content (AvgIpc) is 2.91. The molecule has 0 radical (unpaired) electrons. The molecule has 0 amide bonds. The first kappa shape index (κ1) is 25.3. The Morgan fingerprint density at radius 1 is 0.892 bits per heavy atom. The first-order valence-corrected chi connectivity index (χ1v) is 12.4. The monoisotopic (exact) mass is 523 g/mol. The van der Waals surface area contributed by atoms with Crippen LogP contribution in [0.2, 0.25) is 0 Å². The number of halogens is 3. The van der Waals surface area contributed by atoms with Gasteiger partial charge in [0.1, 0.15) is 23.9 Å². The van der Waals surface area contributed by atoms with Gasteiger partial charge in [-0.05, 0) is 84.2 Å². The lowest BCUT2D eigenvalue weighted by Gasteiger charge is -2.31. The highest BCUT2D eigenvalue weighted by Crippen LogP contribution is 2.49. The minimum atomic E-state index is -0.653. The van der Waals surface area contributed by atoms with Gasteiger partial charge in [-0.2, -0.15) is 0 Å². The molecular formula is C30H28ClF2NO3. The number of likely N-dealkylation sites (tertiary alicyclic amines) is 1.